The number of alkyl halides is 3. The minimum atomic E-state index is -4.44. The maximum atomic E-state index is 13.3. The van der Waals surface area contributed by atoms with E-state index in [-0.39, 0.29) is 43.4 Å². The van der Waals surface area contributed by atoms with E-state index in [0.29, 0.717) is 5.56 Å². The molecule has 0 aromatic heterocycles. The molecule has 0 atom stereocenters. The van der Waals surface area contributed by atoms with E-state index < -0.39 is 27.6 Å². The fourth-order valence-corrected chi connectivity index (χ4v) is 4.51. The number of nitrogens with zero attached hydrogens (tertiary/aromatic N) is 2. The van der Waals surface area contributed by atoms with Crippen LogP contribution in [0.3, 0.4) is 0 Å². The van der Waals surface area contributed by atoms with Crippen molar-refractivity contribution in [2.75, 3.05) is 26.2 Å². The van der Waals surface area contributed by atoms with E-state index in [1.54, 1.807) is 0 Å². The Balaban J connectivity index is 1.59. The zero-order valence-corrected chi connectivity index (χ0v) is 16.0. The Morgan fingerprint density at radius 3 is 2.14 bits per heavy atom. The quantitative estimate of drug-likeness (QED) is 0.701. The number of benzene rings is 2. The summed E-state index contributed by atoms with van der Waals surface area (Å²) in [5.41, 5.74) is -0.345. The number of carbonyl (C=O) groups excluding carboxylic acids is 1. The molecule has 3 rings (SSSR count). The van der Waals surface area contributed by atoms with Crippen molar-refractivity contribution >= 4 is 15.9 Å². The van der Waals surface area contributed by atoms with Crippen LogP contribution in [0.5, 0.6) is 0 Å². The molecule has 0 radical (unpaired) electrons. The van der Waals surface area contributed by atoms with Crippen LogP contribution in [0.25, 0.3) is 0 Å². The highest BCUT2D eigenvalue weighted by Gasteiger charge is 2.31. The zero-order valence-electron chi connectivity index (χ0n) is 15.2. The standard InChI is InChI=1S/C19H18F4N2O3S/c20-16-2-1-3-17(13-16)29(27,28)25-10-8-24(9-11-25)18(26)12-14-4-6-15(7-5-14)19(21,22)23/h1-7,13H,8-12H2. The molecule has 1 fully saturated rings. The summed E-state index contributed by atoms with van der Waals surface area (Å²) in [5.74, 6) is -0.955. The fraction of sp³-hybridized carbons (Fsp3) is 0.316. The number of halogens is 4. The lowest BCUT2D eigenvalue weighted by molar-refractivity contribution is -0.137. The first-order valence-electron chi connectivity index (χ1n) is 8.77. The third-order valence-corrected chi connectivity index (χ3v) is 6.56. The maximum absolute atomic E-state index is 13.3. The third-order valence-electron chi connectivity index (χ3n) is 4.66. The molecule has 10 heteroatoms. The second kappa shape index (κ2) is 8.11. The average Bonchev–Trinajstić information content (AvgIpc) is 2.68. The fourth-order valence-electron chi connectivity index (χ4n) is 3.05. The van der Waals surface area contributed by atoms with Crippen molar-refractivity contribution in [1.29, 1.82) is 0 Å². The van der Waals surface area contributed by atoms with Crippen molar-refractivity contribution in [3.63, 3.8) is 0 Å². The van der Waals surface area contributed by atoms with E-state index in [9.17, 15) is 30.8 Å². The molecule has 0 bridgehead atoms. The minimum absolute atomic E-state index is 0.0532. The molecular weight excluding hydrogens is 412 g/mol. The van der Waals surface area contributed by atoms with Crippen LogP contribution in [-0.4, -0.2) is 49.7 Å². The molecule has 0 saturated carbocycles. The van der Waals surface area contributed by atoms with Crippen LogP contribution in [0.4, 0.5) is 17.6 Å². The van der Waals surface area contributed by atoms with E-state index in [0.717, 1.165) is 24.3 Å². The summed E-state index contributed by atoms with van der Waals surface area (Å²) in [6.07, 6.45) is -4.51. The normalized spacial score (nSPS) is 16.1. The molecular formula is C19H18F4N2O3S. The van der Waals surface area contributed by atoms with Gasteiger partial charge in [0.1, 0.15) is 5.82 Å². The van der Waals surface area contributed by atoms with Crippen molar-refractivity contribution in [2.24, 2.45) is 0 Å². The highest BCUT2D eigenvalue weighted by atomic mass is 32.2. The number of piperazine rings is 1. The van der Waals surface area contributed by atoms with Gasteiger partial charge < -0.3 is 4.90 Å². The SMILES string of the molecule is O=C(Cc1ccc(C(F)(F)F)cc1)N1CCN(S(=O)(=O)c2cccc(F)c2)CC1. The second-order valence-electron chi connectivity index (χ2n) is 6.61. The number of carbonyl (C=O) groups is 1. The molecule has 0 N–H and O–H groups in total. The molecule has 0 spiro atoms. The molecule has 2 aromatic rings. The Morgan fingerprint density at radius 1 is 0.966 bits per heavy atom. The molecule has 1 aliphatic heterocycles. The van der Waals surface area contributed by atoms with Crippen molar-refractivity contribution in [3.8, 4) is 0 Å². The first-order chi connectivity index (χ1) is 13.6. The third kappa shape index (κ3) is 4.94. The molecule has 0 aliphatic carbocycles. The summed E-state index contributed by atoms with van der Waals surface area (Å²) in [6, 6.07) is 9.07. The largest absolute Gasteiger partial charge is 0.416 e. The van der Waals surface area contributed by atoms with Crippen LogP contribution < -0.4 is 0 Å². The topological polar surface area (TPSA) is 57.7 Å². The molecule has 156 valence electrons. The van der Waals surface area contributed by atoms with Gasteiger partial charge in [-0.25, -0.2) is 12.8 Å². The first-order valence-corrected chi connectivity index (χ1v) is 10.2. The van der Waals surface area contributed by atoms with E-state index in [1.807, 2.05) is 0 Å². The Kier molecular flexibility index (Phi) is 5.95. The zero-order chi connectivity index (χ0) is 21.2. The van der Waals surface area contributed by atoms with Gasteiger partial charge in [-0.2, -0.15) is 17.5 Å². The summed E-state index contributed by atoms with van der Waals surface area (Å²) < 4.78 is 77.5. The van der Waals surface area contributed by atoms with Gasteiger partial charge in [0.15, 0.2) is 0 Å². The number of amides is 1. The van der Waals surface area contributed by atoms with Crippen LogP contribution in [0.2, 0.25) is 0 Å². The van der Waals surface area contributed by atoms with Gasteiger partial charge in [-0.3, -0.25) is 4.79 Å². The van der Waals surface area contributed by atoms with Gasteiger partial charge in [-0.1, -0.05) is 18.2 Å². The first kappa shape index (κ1) is 21.3. The van der Waals surface area contributed by atoms with E-state index >= 15 is 0 Å². The van der Waals surface area contributed by atoms with Gasteiger partial charge in [0, 0.05) is 26.2 Å². The maximum Gasteiger partial charge on any atom is 0.416 e. The predicted molar refractivity (Wildman–Crippen MR) is 96.9 cm³/mol. The molecule has 2 aromatic carbocycles. The summed E-state index contributed by atoms with van der Waals surface area (Å²) in [7, 11) is -3.86. The van der Waals surface area contributed by atoms with Crippen molar-refractivity contribution in [3.05, 3.63) is 65.5 Å². The Bertz CT molecular complexity index is 983. The number of sulfonamides is 1. The summed E-state index contributed by atoms with van der Waals surface area (Å²) in [6.45, 7) is 0.400. The van der Waals surface area contributed by atoms with Crippen LogP contribution in [0.15, 0.2) is 53.4 Å². The summed E-state index contributed by atoms with van der Waals surface area (Å²) in [5, 5.41) is 0. The van der Waals surface area contributed by atoms with Crippen molar-refractivity contribution in [2.45, 2.75) is 17.5 Å². The molecule has 0 unspecified atom stereocenters. The highest BCUT2D eigenvalue weighted by Crippen LogP contribution is 2.29. The Hall–Kier alpha value is -2.46. The van der Waals surface area contributed by atoms with Gasteiger partial charge in [-0.05, 0) is 35.9 Å². The van der Waals surface area contributed by atoms with Crippen LogP contribution >= 0.6 is 0 Å². The smallest absolute Gasteiger partial charge is 0.340 e. The predicted octanol–water partition coefficient (Wildman–Crippen LogP) is 2.92. The number of hydrogen-bond acceptors (Lipinski definition) is 3. The molecule has 1 amide bonds. The highest BCUT2D eigenvalue weighted by molar-refractivity contribution is 7.89. The number of hydrogen-bond donors (Lipinski definition) is 0. The second-order valence-corrected chi connectivity index (χ2v) is 8.55. The lowest BCUT2D eigenvalue weighted by atomic mass is 10.1. The van der Waals surface area contributed by atoms with Crippen LogP contribution in [0, 0.1) is 5.82 Å². The van der Waals surface area contributed by atoms with Crippen LogP contribution in [0.1, 0.15) is 11.1 Å². The van der Waals surface area contributed by atoms with Gasteiger partial charge in [-0.15, -0.1) is 0 Å². The van der Waals surface area contributed by atoms with Crippen LogP contribution in [-0.2, 0) is 27.4 Å². The molecule has 1 saturated heterocycles. The van der Waals surface area contributed by atoms with Gasteiger partial charge in [0.2, 0.25) is 15.9 Å². The monoisotopic (exact) mass is 430 g/mol. The summed E-state index contributed by atoms with van der Waals surface area (Å²) in [4.78, 5) is 13.7. The molecule has 29 heavy (non-hydrogen) atoms. The number of rotatable bonds is 4. The van der Waals surface area contributed by atoms with E-state index in [1.165, 1.54) is 33.5 Å². The molecule has 1 aliphatic rings. The Morgan fingerprint density at radius 2 is 1.59 bits per heavy atom. The van der Waals surface area contributed by atoms with Crippen molar-refractivity contribution < 1.29 is 30.8 Å². The average molecular weight is 430 g/mol. The van der Waals surface area contributed by atoms with Gasteiger partial charge in [0.05, 0.1) is 16.9 Å². The minimum Gasteiger partial charge on any atom is -0.340 e. The van der Waals surface area contributed by atoms with Gasteiger partial charge >= 0.3 is 6.18 Å². The lowest BCUT2D eigenvalue weighted by Crippen LogP contribution is -2.50. The summed E-state index contributed by atoms with van der Waals surface area (Å²) >= 11 is 0. The van der Waals surface area contributed by atoms with E-state index in [2.05, 4.69) is 0 Å². The molecule has 5 nitrogen and oxygen atoms in total. The van der Waals surface area contributed by atoms with Crippen molar-refractivity contribution in [1.82, 2.24) is 9.21 Å². The van der Waals surface area contributed by atoms with E-state index in [4.69, 9.17) is 0 Å². The molecule has 1 heterocycles. The Labute approximate surface area is 165 Å². The van der Waals surface area contributed by atoms with Gasteiger partial charge in [0.25, 0.3) is 0 Å². The lowest BCUT2D eigenvalue weighted by Gasteiger charge is -2.34.